The molecule has 0 saturated heterocycles. The predicted octanol–water partition coefficient (Wildman–Crippen LogP) is 1.48. The van der Waals surface area contributed by atoms with Crippen molar-refractivity contribution in [3.8, 4) is 5.88 Å². The summed E-state index contributed by atoms with van der Waals surface area (Å²) in [6.45, 7) is 6.44. The molecule has 0 aliphatic carbocycles. The Kier molecular flexibility index (Phi) is 9.05. The quantitative estimate of drug-likeness (QED) is 0.382. The van der Waals surface area contributed by atoms with Gasteiger partial charge in [-0.3, -0.25) is 4.68 Å². The molecular formula is C15H24IN7O. The van der Waals surface area contributed by atoms with E-state index in [0.29, 0.717) is 25.6 Å². The molecular weight excluding hydrogens is 421 g/mol. The number of guanidine groups is 1. The Bertz CT molecular complexity index is 644. The summed E-state index contributed by atoms with van der Waals surface area (Å²) in [7, 11) is 1.86. The van der Waals surface area contributed by atoms with Crippen LogP contribution in [0.25, 0.3) is 0 Å². The van der Waals surface area contributed by atoms with Gasteiger partial charge in [0.05, 0.1) is 19.7 Å². The van der Waals surface area contributed by atoms with Crippen LogP contribution in [0.2, 0.25) is 0 Å². The van der Waals surface area contributed by atoms with Crippen molar-refractivity contribution >= 4 is 29.9 Å². The summed E-state index contributed by atoms with van der Waals surface area (Å²) in [6, 6.07) is 3.83. The minimum atomic E-state index is 0. The molecule has 2 N–H and O–H groups in total. The topological polar surface area (TPSA) is 89.2 Å². The Morgan fingerprint density at radius 1 is 1.29 bits per heavy atom. The highest BCUT2D eigenvalue weighted by atomic mass is 127. The summed E-state index contributed by atoms with van der Waals surface area (Å²) in [4.78, 5) is 12.9. The second kappa shape index (κ2) is 10.8. The van der Waals surface area contributed by atoms with Crippen LogP contribution in [0.3, 0.4) is 0 Å². The van der Waals surface area contributed by atoms with Crippen molar-refractivity contribution in [1.29, 1.82) is 0 Å². The fourth-order valence-corrected chi connectivity index (χ4v) is 1.93. The van der Waals surface area contributed by atoms with Crippen LogP contribution in [0.4, 0.5) is 0 Å². The summed E-state index contributed by atoms with van der Waals surface area (Å²) in [5, 5.41) is 10.5. The molecule has 132 valence electrons. The third kappa shape index (κ3) is 6.30. The Morgan fingerprint density at radius 2 is 2.12 bits per heavy atom. The van der Waals surface area contributed by atoms with Crippen molar-refractivity contribution in [2.24, 2.45) is 12.0 Å². The zero-order valence-corrected chi connectivity index (χ0v) is 16.5. The van der Waals surface area contributed by atoms with E-state index in [9.17, 15) is 0 Å². The number of aryl methyl sites for hydroxylation is 1. The number of halogens is 1. The first-order chi connectivity index (χ1) is 11.2. The van der Waals surface area contributed by atoms with Gasteiger partial charge in [0.25, 0.3) is 0 Å². The summed E-state index contributed by atoms with van der Waals surface area (Å²) in [5.41, 5.74) is 1.04. The predicted molar refractivity (Wildman–Crippen MR) is 103 cm³/mol. The third-order valence-corrected chi connectivity index (χ3v) is 3.07. The number of aliphatic imine (C=N–C) groups is 1. The van der Waals surface area contributed by atoms with E-state index in [0.717, 1.165) is 23.9 Å². The Labute approximate surface area is 159 Å². The second-order valence-electron chi connectivity index (χ2n) is 4.78. The molecule has 8 nitrogen and oxygen atoms in total. The maximum atomic E-state index is 5.40. The Hall–Kier alpha value is -1.91. The average molecular weight is 445 g/mol. The molecule has 9 heteroatoms. The van der Waals surface area contributed by atoms with Gasteiger partial charge in [-0.05, 0) is 25.5 Å². The summed E-state index contributed by atoms with van der Waals surface area (Å²) < 4.78 is 7.13. The van der Waals surface area contributed by atoms with Crippen molar-refractivity contribution in [2.45, 2.75) is 26.9 Å². The first-order valence-corrected chi connectivity index (χ1v) is 7.65. The maximum absolute atomic E-state index is 5.40. The van der Waals surface area contributed by atoms with Crippen molar-refractivity contribution in [2.75, 3.05) is 13.2 Å². The minimum Gasteiger partial charge on any atom is -0.478 e. The van der Waals surface area contributed by atoms with Crippen molar-refractivity contribution in [1.82, 2.24) is 30.4 Å². The van der Waals surface area contributed by atoms with E-state index in [1.165, 1.54) is 6.33 Å². The highest BCUT2D eigenvalue weighted by molar-refractivity contribution is 14.0. The molecule has 0 spiro atoms. The minimum absolute atomic E-state index is 0. The second-order valence-corrected chi connectivity index (χ2v) is 4.78. The lowest BCUT2D eigenvalue weighted by molar-refractivity contribution is 0.326. The van der Waals surface area contributed by atoms with Crippen molar-refractivity contribution in [3.63, 3.8) is 0 Å². The lowest BCUT2D eigenvalue weighted by Gasteiger charge is -2.11. The molecule has 0 unspecified atom stereocenters. The van der Waals surface area contributed by atoms with Crippen LogP contribution in [0.1, 0.15) is 25.2 Å². The molecule has 24 heavy (non-hydrogen) atoms. The normalized spacial score (nSPS) is 10.9. The highest BCUT2D eigenvalue weighted by Gasteiger charge is 2.03. The molecule has 0 aliphatic rings. The number of rotatable bonds is 7. The third-order valence-electron chi connectivity index (χ3n) is 3.07. The molecule has 0 aliphatic heterocycles. The lowest BCUT2D eigenvalue weighted by Crippen LogP contribution is -2.37. The van der Waals surface area contributed by atoms with Gasteiger partial charge in [-0.2, -0.15) is 5.10 Å². The first kappa shape index (κ1) is 20.1. The van der Waals surface area contributed by atoms with E-state index in [2.05, 4.69) is 30.7 Å². The number of hydrogen-bond acceptors (Lipinski definition) is 5. The average Bonchev–Trinajstić information content (AvgIpc) is 2.96. The molecule has 0 bridgehead atoms. The van der Waals surface area contributed by atoms with E-state index in [1.807, 2.05) is 33.0 Å². The van der Waals surface area contributed by atoms with Crippen LogP contribution in [0, 0.1) is 0 Å². The Morgan fingerprint density at radius 3 is 2.79 bits per heavy atom. The van der Waals surface area contributed by atoms with Crippen LogP contribution >= 0.6 is 24.0 Å². The smallest absolute Gasteiger partial charge is 0.213 e. The van der Waals surface area contributed by atoms with Gasteiger partial charge in [0.1, 0.15) is 12.2 Å². The van der Waals surface area contributed by atoms with E-state index in [-0.39, 0.29) is 24.0 Å². The van der Waals surface area contributed by atoms with Gasteiger partial charge in [-0.15, -0.1) is 24.0 Å². The highest BCUT2D eigenvalue weighted by Crippen LogP contribution is 2.10. The number of nitrogens with one attached hydrogen (secondary N) is 2. The first-order valence-electron chi connectivity index (χ1n) is 7.65. The lowest BCUT2D eigenvalue weighted by atomic mass is 10.3. The van der Waals surface area contributed by atoms with Crippen LogP contribution in [-0.4, -0.2) is 38.9 Å². The van der Waals surface area contributed by atoms with Crippen molar-refractivity contribution < 1.29 is 4.74 Å². The Balaban J connectivity index is 0.00000288. The molecule has 0 fully saturated rings. The molecule has 0 aromatic carbocycles. The van der Waals surface area contributed by atoms with Gasteiger partial charge < -0.3 is 15.4 Å². The number of aromatic nitrogens is 4. The van der Waals surface area contributed by atoms with Crippen LogP contribution in [-0.2, 0) is 20.1 Å². The molecule has 0 radical (unpaired) electrons. The molecule has 0 saturated carbocycles. The van der Waals surface area contributed by atoms with Crippen LogP contribution < -0.4 is 15.4 Å². The maximum Gasteiger partial charge on any atom is 0.213 e. The van der Waals surface area contributed by atoms with E-state index >= 15 is 0 Å². The largest absolute Gasteiger partial charge is 0.478 e. The standard InChI is InChI=1S/C15H23N7O.HI/c1-4-16-15(19-10-13-20-11-21-22(13)3)18-9-12-6-7-17-14(8-12)23-5-2;/h6-8,11H,4-5,9-10H2,1-3H3,(H2,16,18,19);1H. The van der Waals surface area contributed by atoms with E-state index in [1.54, 1.807) is 10.9 Å². The molecule has 2 aromatic rings. The molecule has 0 amide bonds. The van der Waals surface area contributed by atoms with Gasteiger partial charge in [0.2, 0.25) is 5.88 Å². The summed E-state index contributed by atoms with van der Waals surface area (Å²) in [5.74, 6) is 2.20. The van der Waals surface area contributed by atoms with E-state index < -0.39 is 0 Å². The van der Waals surface area contributed by atoms with E-state index in [4.69, 9.17) is 4.74 Å². The fraction of sp³-hybridized carbons (Fsp3) is 0.467. The molecule has 0 atom stereocenters. The number of pyridine rings is 1. The van der Waals surface area contributed by atoms with Gasteiger partial charge in [-0.25, -0.2) is 15.0 Å². The van der Waals surface area contributed by atoms with Crippen molar-refractivity contribution in [3.05, 3.63) is 36.0 Å². The zero-order valence-electron chi connectivity index (χ0n) is 14.2. The summed E-state index contributed by atoms with van der Waals surface area (Å²) >= 11 is 0. The number of ether oxygens (including phenoxy) is 1. The number of nitrogens with zero attached hydrogens (tertiary/aromatic N) is 5. The van der Waals surface area contributed by atoms with Gasteiger partial charge in [-0.1, -0.05) is 0 Å². The molecule has 2 aromatic heterocycles. The van der Waals surface area contributed by atoms with Gasteiger partial charge in [0.15, 0.2) is 5.96 Å². The van der Waals surface area contributed by atoms with Crippen LogP contribution in [0.15, 0.2) is 29.6 Å². The summed E-state index contributed by atoms with van der Waals surface area (Å²) in [6.07, 6.45) is 3.27. The SMILES string of the molecule is CCNC(=NCc1ccnc(OCC)c1)NCc1ncnn1C.I. The number of hydrogen-bond donors (Lipinski definition) is 2. The van der Waals surface area contributed by atoms with Gasteiger partial charge in [0, 0.05) is 25.9 Å². The van der Waals surface area contributed by atoms with Crippen LogP contribution in [0.5, 0.6) is 5.88 Å². The monoisotopic (exact) mass is 445 g/mol. The molecule has 2 rings (SSSR count). The zero-order chi connectivity index (χ0) is 16.5. The van der Waals surface area contributed by atoms with Gasteiger partial charge >= 0.3 is 0 Å². The molecule has 2 heterocycles. The fourth-order valence-electron chi connectivity index (χ4n) is 1.93.